The van der Waals surface area contributed by atoms with Gasteiger partial charge in [-0.1, -0.05) is 12.1 Å². The topological polar surface area (TPSA) is 87.6 Å². The van der Waals surface area contributed by atoms with Crippen molar-refractivity contribution in [2.45, 2.75) is 25.4 Å². The van der Waals surface area contributed by atoms with Gasteiger partial charge < -0.3 is 20.1 Å². The fourth-order valence-electron chi connectivity index (χ4n) is 3.66. The molecule has 160 valence electrons. The predicted octanol–water partition coefficient (Wildman–Crippen LogP) is 3.29. The van der Waals surface area contributed by atoms with E-state index in [1.165, 1.54) is 0 Å². The number of carbonyl (C=O) groups excluding carboxylic acids is 1. The highest BCUT2D eigenvalue weighted by Crippen LogP contribution is 2.26. The molecule has 0 saturated carbocycles. The minimum absolute atomic E-state index is 0.128. The molecule has 1 fully saturated rings. The quantitative estimate of drug-likeness (QED) is 0.639. The smallest absolute Gasteiger partial charge is 0.229 e. The monoisotopic (exact) mass is 418 g/mol. The molecule has 1 aliphatic heterocycles. The Morgan fingerprint density at radius 1 is 1.06 bits per heavy atom. The number of ether oxygens (including phenoxy) is 1. The second-order valence-corrected chi connectivity index (χ2v) is 7.62. The van der Waals surface area contributed by atoms with Crippen LogP contribution in [0.1, 0.15) is 18.4 Å². The molecule has 0 radical (unpaired) electrons. The number of nitrogens with zero attached hydrogens (tertiary/aromatic N) is 3. The first-order valence-corrected chi connectivity index (χ1v) is 10.4. The van der Waals surface area contributed by atoms with E-state index < -0.39 is 0 Å². The molecule has 0 unspecified atom stereocenters. The van der Waals surface area contributed by atoms with E-state index >= 15 is 0 Å². The summed E-state index contributed by atoms with van der Waals surface area (Å²) in [5, 5.41) is 12.6. The van der Waals surface area contributed by atoms with E-state index in [4.69, 9.17) is 4.74 Å². The van der Waals surface area contributed by atoms with Crippen LogP contribution in [0.3, 0.4) is 0 Å². The molecular weight excluding hydrogens is 392 g/mol. The minimum Gasteiger partial charge on any atom is -0.497 e. The zero-order valence-electron chi connectivity index (χ0n) is 17.5. The first kappa shape index (κ1) is 20.8. The van der Waals surface area contributed by atoms with E-state index in [-0.39, 0.29) is 18.4 Å². The number of piperidine rings is 1. The second kappa shape index (κ2) is 9.57. The fourth-order valence-corrected chi connectivity index (χ4v) is 3.66. The van der Waals surface area contributed by atoms with E-state index in [2.05, 4.69) is 20.2 Å². The number of pyridine rings is 2. The molecule has 3 heterocycles. The van der Waals surface area contributed by atoms with Crippen LogP contribution < -0.4 is 15.0 Å². The van der Waals surface area contributed by atoms with E-state index in [0.29, 0.717) is 5.82 Å². The molecule has 7 nitrogen and oxygen atoms in total. The van der Waals surface area contributed by atoms with Crippen molar-refractivity contribution < 1.29 is 14.6 Å². The molecule has 2 N–H and O–H groups in total. The highest BCUT2D eigenvalue weighted by Gasteiger charge is 2.18. The van der Waals surface area contributed by atoms with Gasteiger partial charge in [0.05, 0.1) is 19.6 Å². The number of amides is 1. The molecule has 1 saturated heterocycles. The maximum Gasteiger partial charge on any atom is 0.229 e. The molecule has 2 aromatic heterocycles. The summed E-state index contributed by atoms with van der Waals surface area (Å²) in [6, 6.07) is 15.2. The van der Waals surface area contributed by atoms with Crippen LogP contribution in [0.5, 0.6) is 5.75 Å². The van der Waals surface area contributed by atoms with Crippen molar-refractivity contribution in [2.75, 3.05) is 30.4 Å². The number of aliphatic hydroxyl groups excluding tert-OH is 1. The summed E-state index contributed by atoms with van der Waals surface area (Å²) >= 11 is 0. The number of hydrogen-bond donors (Lipinski definition) is 2. The number of carbonyl (C=O) groups is 1. The Morgan fingerprint density at radius 3 is 2.45 bits per heavy atom. The van der Waals surface area contributed by atoms with Gasteiger partial charge in [0.2, 0.25) is 5.91 Å². The van der Waals surface area contributed by atoms with Gasteiger partial charge in [-0.15, -0.1) is 0 Å². The van der Waals surface area contributed by atoms with Gasteiger partial charge in [-0.3, -0.25) is 4.79 Å². The number of aromatic nitrogens is 2. The van der Waals surface area contributed by atoms with Crippen LogP contribution in [-0.4, -0.2) is 47.3 Å². The highest BCUT2D eigenvalue weighted by atomic mass is 16.5. The van der Waals surface area contributed by atoms with Gasteiger partial charge in [0, 0.05) is 25.5 Å². The molecule has 3 aromatic rings. The summed E-state index contributed by atoms with van der Waals surface area (Å²) in [6.07, 6.45) is 5.03. The maximum absolute atomic E-state index is 12.5. The van der Waals surface area contributed by atoms with Crippen molar-refractivity contribution in [1.82, 2.24) is 9.97 Å². The van der Waals surface area contributed by atoms with Crippen LogP contribution >= 0.6 is 0 Å². The van der Waals surface area contributed by atoms with Crippen molar-refractivity contribution in [3.63, 3.8) is 0 Å². The Morgan fingerprint density at radius 2 is 1.74 bits per heavy atom. The Bertz CT molecular complexity index is 1030. The van der Waals surface area contributed by atoms with E-state index in [1.54, 1.807) is 19.5 Å². The van der Waals surface area contributed by atoms with Gasteiger partial charge in [-0.2, -0.15) is 0 Å². The zero-order chi connectivity index (χ0) is 21.6. The van der Waals surface area contributed by atoms with Crippen LogP contribution in [0.25, 0.3) is 11.1 Å². The third-order valence-corrected chi connectivity index (χ3v) is 5.42. The van der Waals surface area contributed by atoms with E-state index in [0.717, 1.165) is 54.2 Å². The van der Waals surface area contributed by atoms with Gasteiger partial charge in [0.15, 0.2) is 0 Å². The fraction of sp³-hybridized carbons (Fsp3) is 0.292. The second-order valence-electron chi connectivity index (χ2n) is 7.62. The van der Waals surface area contributed by atoms with Gasteiger partial charge >= 0.3 is 0 Å². The molecule has 31 heavy (non-hydrogen) atoms. The third kappa shape index (κ3) is 5.38. The summed E-state index contributed by atoms with van der Waals surface area (Å²) in [5.41, 5.74) is 2.86. The zero-order valence-corrected chi connectivity index (χ0v) is 17.5. The van der Waals surface area contributed by atoms with Crippen molar-refractivity contribution in [3.8, 4) is 16.9 Å². The molecule has 7 heteroatoms. The number of benzene rings is 1. The molecule has 1 aliphatic rings. The van der Waals surface area contributed by atoms with Crippen molar-refractivity contribution >= 4 is 17.5 Å². The average molecular weight is 418 g/mol. The van der Waals surface area contributed by atoms with Gasteiger partial charge in [0.1, 0.15) is 17.4 Å². The van der Waals surface area contributed by atoms with Crippen LogP contribution in [0.15, 0.2) is 60.9 Å². The number of rotatable bonds is 6. The lowest BCUT2D eigenvalue weighted by atomic mass is 10.1. The van der Waals surface area contributed by atoms with Crippen molar-refractivity contribution in [1.29, 1.82) is 0 Å². The molecule has 1 amide bonds. The van der Waals surface area contributed by atoms with Gasteiger partial charge in [-0.25, -0.2) is 9.97 Å². The average Bonchev–Trinajstić information content (AvgIpc) is 2.80. The first-order valence-electron chi connectivity index (χ1n) is 10.4. The van der Waals surface area contributed by atoms with Crippen LogP contribution in [0.4, 0.5) is 11.6 Å². The summed E-state index contributed by atoms with van der Waals surface area (Å²) in [6.45, 7) is 1.58. The Kier molecular flexibility index (Phi) is 6.43. The first-order chi connectivity index (χ1) is 15.1. The van der Waals surface area contributed by atoms with Crippen LogP contribution in [-0.2, 0) is 11.2 Å². The molecule has 0 bridgehead atoms. The maximum atomic E-state index is 12.5. The number of aliphatic hydroxyl groups is 1. The minimum atomic E-state index is -0.219. The molecular formula is C24H26N4O3. The highest BCUT2D eigenvalue weighted by molar-refractivity contribution is 5.92. The normalized spacial score (nSPS) is 14.3. The van der Waals surface area contributed by atoms with Crippen LogP contribution in [0, 0.1) is 0 Å². The largest absolute Gasteiger partial charge is 0.497 e. The molecule has 1 aromatic carbocycles. The molecule has 0 atom stereocenters. The van der Waals surface area contributed by atoms with Gasteiger partial charge in [0.25, 0.3) is 0 Å². The number of methoxy groups -OCH3 is 1. The lowest BCUT2D eigenvalue weighted by molar-refractivity contribution is -0.115. The number of hydrogen-bond acceptors (Lipinski definition) is 6. The Labute approximate surface area is 181 Å². The van der Waals surface area contributed by atoms with Crippen molar-refractivity contribution in [2.24, 2.45) is 0 Å². The lowest BCUT2D eigenvalue weighted by Gasteiger charge is -2.30. The SMILES string of the molecule is COc1ccc(CC(=O)Nc2cc(-c3ccnc(N4CCC(O)CC4)c3)ccn2)cc1. The summed E-state index contributed by atoms with van der Waals surface area (Å²) in [4.78, 5) is 23.4. The lowest BCUT2D eigenvalue weighted by Crippen LogP contribution is -2.36. The Hall–Kier alpha value is -3.45. The standard InChI is InChI=1S/C24H26N4O3/c1-31-21-4-2-17(3-5-21)14-24(30)27-22-15-18(6-10-25-22)19-7-11-26-23(16-19)28-12-8-20(29)9-13-28/h2-7,10-11,15-16,20,29H,8-9,12-14H2,1H3,(H,25,27,30). The molecule has 0 spiro atoms. The van der Waals surface area contributed by atoms with Crippen LogP contribution in [0.2, 0.25) is 0 Å². The number of nitrogens with one attached hydrogen (secondary N) is 1. The summed E-state index contributed by atoms with van der Waals surface area (Å²) in [7, 11) is 1.61. The Balaban J connectivity index is 1.44. The molecule has 0 aliphatic carbocycles. The summed E-state index contributed by atoms with van der Waals surface area (Å²) in [5.74, 6) is 2.04. The van der Waals surface area contributed by atoms with Crippen molar-refractivity contribution in [3.05, 3.63) is 66.5 Å². The predicted molar refractivity (Wildman–Crippen MR) is 120 cm³/mol. The van der Waals surface area contributed by atoms with Gasteiger partial charge in [-0.05, 0) is 65.9 Å². The van der Waals surface area contributed by atoms with E-state index in [9.17, 15) is 9.90 Å². The molecule has 4 rings (SSSR count). The third-order valence-electron chi connectivity index (χ3n) is 5.42. The summed E-state index contributed by atoms with van der Waals surface area (Å²) < 4.78 is 5.15. The van der Waals surface area contributed by atoms with E-state index in [1.807, 2.05) is 48.5 Å². The number of anilines is 2.